The third-order valence-corrected chi connectivity index (χ3v) is 5.33. The van der Waals surface area contributed by atoms with Gasteiger partial charge in [-0.1, -0.05) is 31.5 Å². The van der Waals surface area contributed by atoms with Crippen LogP contribution in [0.15, 0.2) is 0 Å². The van der Waals surface area contributed by atoms with Crippen LogP contribution in [0.5, 0.6) is 0 Å². The number of piperidine rings is 1. The molecule has 1 spiro atoms. The van der Waals surface area contributed by atoms with Gasteiger partial charge in [0.05, 0.1) is 26.6 Å². The Morgan fingerprint density at radius 3 is 2.69 bits per heavy atom. The summed E-state index contributed by atoms with van der Waals surface area (Å²) in [7, 11) is 8.64. The van der Waals surface area contributed by atoms with Gasteiger partial charge in [0.1, 0.15) is 0 Å². The van der Waals surface area contributed by atoms with Gasteiger partial charge < -0.3 is 4.74 Å². The van der Waals surface area contributed by atoms with Gasteiger partial charge in [-0.15, -0.1) is 0 Å². The molecule has 1 aliphatic carbocycles. The number of likely N-dealkylation sites (N-methyl/N-ethyl adjacent to an activating group) is 1. The molecule has 0 aromatic rings. The lowest BCUT2D eigenvalue weighted by molar-refractivity contribution is -0.198. The number of ether oxygens (including phenoxy) is 1. The quantitative estimate of drug-likeness (QED) is 0.576. The lowest BCUT2D eigenvalue weighted by Gasteiger charge is -2.61. The second kappa shape index (κ2) is 3.49. The molecule has 0 aromatic heterocycles. The molecule has 88 valence electrons. The second-order valence-electron chi connectivity index (χ2n) is 6.57. The predicted molar refractivity (Wildman–Crippen MR) is 65.7 cm³/mol. The zero-order chi connectivity index (χ0) is 11.4. The van der Waals surface area contributed by atoms with Gasteiger partial charge in [-0.05, 0) is 31.8 Å². The van der Waals surface area contributed by atoms with Crippen molar-refractivity contribution in [1.82, 2.24) is 4.90 Å². The van der Waals surface area contributed by atoms with Crippen LogP contribution >= 0.6 is 0 Å². The van der Waals surface area contributed by atoms with Crippen LogP contribution in [-0.2, 0) is 4.74 Å². The molecule has 3 heteroatoms. The first-order valence-corrected chi connectivity index (χ1v) is 6.61. The molecule has 2 saturated heterocycles. The lowest BCUT2D eigenvalue weighted by Crippen LogP contribution is -2.70. The van der Waals surface area contributed by atoms with Gasteiger partial charge in [0.2, 0.25) is 0 Å². The zero-order valence-electron chi connectivity index (χ0n) is 10.5. The minimum atomic E-state index is 0.0575. The fraction of sp³-hybridized carbons (Fsp3) is 1.00. The minimum absolute atomic E-state index is 0.0575. The monoisotopic (exact) mass is 219 g/mol. The van der Waals surface area contributed by atoms with E-state index in [9.17, 15) is 0 Å². The maximum Gasteiger partial charge on any atom is 0.0742 e. The van der Waals surface area contributed by atoms with Crippen molar-refractivity contribution in [3.05, 3.63) is 0 Å². The predicted octanol–water partition coefficient (Wildman–Crippen LogP) is 1.85. The maximum atomic E-state index is 6.37. The van der Waals surface area contributed by atoms with Crippen LogP contribution in [0.2, 0.25) is 5.31 Å². The summed E-state index contributed by atoms with van der Waals surface area (Å²) in [6.45, 7) is 5.33. The number of nitrogens with zero attached hydrogens (tertiary/aromatic N) is 1. The number of rotatable bonds is 0. The summed E-state index contributed by atoms with van der Waals surface area (Å²) in [4.78, 5) is 2.54. The van der Waals surface area contributed by atoms with Crippen molar-refractivity contribution in [2.24, 2.45) is 11.8 Å². The highest BCUT2D eigenvalue weighted by atomic mass is 16.5. The molecule has 0 N–H and O–H groups in total. The van der Waals surface area contributed by atoms with Gasteiger partial charge in [0, 0.05) is 0 Å². The number of hydrogen-bond acceptors (Lipinski definition) is 2. The first kappa shape index (κ1) is 11.1. The molecule has 2 radical (unpaired) electrons. The summed E-state index contributed by atoms with van der Waals surface area (Å²) in [6.07, 6.45) is 5.08. The number of likely N-dealkylation sites (tertiary alicyclic amines) is 1. The molecule has 3 atom stereocenters. The summed E-state index contributed by atoms with van der Waals surface area (Å²) in [6, 6.07) is 0. The second-order valence-corrected chi connectivity index (χ2v) is 6.57. The van der Waals surface area contributed by atoms with Gasteiger partial charge >= 0.3 is 0 Å². The highest BCUT2D eigenvalue weighted by Gasteiger charge is 2.55. The van der Waals surface area contributed by atoms with E-state index < -0.39 is 0 Å². The molecule has 16 heavy (non-hydrogen) atoms. The average molecular weight is 219 g/mol. The Balaban J connectivity index is 1.86. The number of fused-ring (bicyclic) bond motifs is 2. The van der Waals surface area contributed by atoms with Crippen molar-refractivity contribution in [2.75, 3.05) is 26.8 Å². The van der Waals surface area contributed by atoms with E-state index in [1.807, 2.05) is 0 Å². The molecule has 3 rings (SSSR count). The Hall–Kier alpha value is -0.0151. The smallest absolute Gasteiger partial charge is 0.0742 e. The first-order valence-electron chi connectivity index (χ1n) is 6.61. The fourth-order valence-corrected chi connectivity index (χ4v) is 4.07. The van der Waals surface area contributed by atoms with Crippen molar-refractivity contribution in [2.45, 2.75) is 43.5 Å². The van der Waals surface area contributed by atoms with Gasteiger partial charge in [-0.25, -0.2) is 0 Å². The van der Waals surface area contributed by atoms with E-state index in [0.29, 0.717) is 5.54 Å². The minimum Gasteiger partial charge on any atom is -0.377 e. The Morgan fingerprint density at radius 2 is 2.06 bits per heavy atom. The molecule has 2 aliphatic heterocycles. The standard InChI is InChI=1S/C13H22BNO/c1-12(14)5-3-10-4-6-15(2)13(8-16-9-13)11(10)7-12/h10-11H,3-9H2,1-2H3. The molecule has 0 aromatic carbocycles. The molecule has 3 aliphatic rings. The maximum absolute atomic E-state index is 6.37. The van der Waals surface area contributed by atoms with Crippen LogP contribution in [0.1, 0.15) is 32.6 Å². The van der Waals surface area contributed by atoms with E-state index in [4.69, 9.17) is 12.6 Å². The summed E-state index contributed by atoms with van der Waals surface area (Å²) < 4.78 is 5.52. The summed E-state index contributed by atoms with van der Waals surface area (Å²) in [5.74, 6) is 1.67. The Bertz CT molecular complexity index is 288. The largest absolute Gasteiger partial charge is 0.377 e. The number of hydrogen-bond donors (Lipinski definition) is 0. The third kappa shape index (κ3) is 1.47. The summed E-state index contributed by atoms with van der Waals surface area (Å²) >= 11 is 0. The van der Waals surface area contributed by atoms with E-state index >= 15 is 0 Å². The lowest BCUT2D eigenvalue weighted by atomic mass is 9.51. The van der Waals surface area contributed by atoms with E-state index in [1.54, 1.807) is 0 Å². The van der Waals surface area contributed by atoms with Crippen molar-refractivity contribution < 1.29 is 4.74 Å². The zero-order valence-corrected chi connectivity index (χ0v) is 10.5. The molecular weight excluding hydrogens is 197 g/mol. The van der Waals surface area contributed by atoms with E-state index in [1.165, 1.54) is 32.2 Å². The van der Waals surface area contributed by atoms with Crippen LogP contribution in [0.25, 0.3) is 0 Å². The topological polar surface area (TPSA) is 12.5 Å². The van der Waals surface area contributed by atoms with Crippen LogP contribution in [0.3, 0.4) is 0 Å². The molecular formula is C13H22BNO. The third-order valence-electron chi connectivity index (χ3n) is 5.33. The Labute approximate surface area is 100 Å². The van der Waals surface area contributed by atoms with Gasteiger partial charge in [-0.2, -0.15) is 0 Å². The fourth-order valence-electron chi connectivity index (χ4n) is 4.07. The van der Waals surface area contributed by atoms with Crippen LogP contribution in [0, 0.1) is 11.8 Å². The SMILES string of the molecule is [B]C1(C)CCC2CCN(C)C3(COC3)C2C1. The normalized spacial score (nSPS) is 47.4. The molecule has 3 fully saturated rings. The Kier molecular flexibility index (Phi) is 2.42. The van der Waals surface area contributed by atoms with Crippen LogP contribution in [0.4, 0.5) is 0 Å². The van der Waals surface area contributed by atoms with Crippen molar-refractivity contribution in [3.8, 4) is 0 Å². The van der Waals surface area contributed by atoms with Crippen molar-refractivity contribution >= 4 is 7.85 Å². The summed E-state index contributed by atoms with van der Waals surface area (Å²) in [5.41, 5.74) is 0.337. The average Bonchev–Trinajstić information content (AvgIpc) is 2.13. The molecule has 1 saturated carbocycles. The highest BCUT2D eigenvalue weighted by molar-refractivity contribution is 6.14. The molecule has 0 bridgehead atoms. The van der Waals surface area contributed by atoms with Gasteiger partial charge in [0.25, 0.3) is 0 Å². The van der Waals surface area contributed by atoms with E-state index in [0.717, 1.165) is 25.0 Å². The van der Waals surface area contributed by atoms with Gasteiger partial charge in [0.15, 0.2) is 0 Å². The molecule has 3 unspecified atom stereocenters. The molecule has 2 heterocycles. The van der Waals surface area contributed by atoms with E-state index in [2.05, 4.69) is 18.9 Å². The molecule has 0 amide bonds. The highest BCUT2D eigenvalue weighted by Crippen LogP contribution is 2.54. The van der Waals surface area contributed by atoms with Crippen molar-refractivity contribution in [3.63, 3.8) is 0 Å². The van der Waals surface area contributed by atoms with Crippen molar-refractivity contribution in [1.29, 1.82) is 0 Å². The van der Waals surface area contributed by atoms with Crippen LogP contribution in [-0.4, -0.2) is 45.1 Å². The summed E-state index contributed by atoms with van der Waals surface area (Å²) in [5, 5.41) is 0.0575. The van der Waals surface area contributed by atoms with Gasteiger partial charge in [-0.3, -0.25) is 4.90 Å². The van der Waals surface area contributed by atoms with E-state index in [-0.39, 0.29) is 5.31 Å². The first-order chi connectivity index (χ1) is 7.54. The van der Waals surface area contributed by atoms with Crippen LogP contribution < -0.4 is 0 Å². The molecule has 2 nitrogen and oxygen atoms in total. The Morgan fingerprint density at radius 1 is 1.31 bits per heavy atom.